The predicted molar refractivity (Wildman–Crippen MR) is 155 cm³/mol. The van der Waals surface area contributed by atoms with Crippen LogP contribution in [0.15, 0.2) is 102 Å². The molecule has 7 heteroatoms. The first kappa shape index (κ1) is 27.4. The molecule has 0 fully saturated rings. The second-order valence-corrected chi connectivity index (χ2v) is 9.71. The zero-order valence-electron chi connectivity index (χ0n) is 22.9. The summed E-state index contributed by atoms with van der Waals surface area (Å²) in [4.78, 5) is 13.0. The third-order valence-electron chi connectivity index (χ3n) is 6.69. The van der Waals surface area contributed by atoms with Crippen molar-refractivity contribution < 1.29 is 23.7 Å². The Kier molecular flexibility index (Phi) is 8.21. The summed E-state index contributed by atoms with van der Waals surface area (Å²) in [7, 11) is 0. The molecule has 5 rings (SSSR count). The van der Waals surface area contributed by atoms with Crippen LogP contribution in [-0.2, 0) is 6.61 Å². The van der Waals surface area contributed by atoms with Crippen LogP contribution in [0.3, 0.4) is 0 Å². The number of aryl methyl sites for hydroxylation is 1. The van der Waals surface area contributed by atoms with Gasteiger partial charge in [-0.05, 0) is 54.8 Å². The molecule has 4 aromatic carbocycles. The smallest absolute Gasteiger partial charge is 0.347 e. The number of allylic oxidation sites excluding steroid dienone is 1. The molecule has 1 atom stereocenters. The van der Waals surface area contributed by atoms with Gasteiger partial charge in [-0.2, -0.15) is 5.26 Å². The Morgan fingerprint density at radius 2 is 1.76 bits per heavy atom. The van der Waals surface area contributed by atoms with E-state index in [0.717, 1.165) is 23.1 Å². The molecule has 4 aromatic rings. The zero-order chi connectivity index (χ0) is 28.8. The Balaban J connectivity index is 1.40. The number of nitrogens with zero attached hydrogens (tertiary/aromatic N) is 1. The van der Waals surface area contributed by atoms with E-state index in [0.29, 0.717) is 41.6 Å². The second-order valence-electron chi connectivity index (χ2n) is 9.71. The van der Waals surface area contributed by atoms with Crippen LogP contribution in [0.1, 0.15) is 51.9 Å². The highest BCUT2D eigenvalue weighted by Crippen LogP contribution is 2.44. The Labute approximate surface area is 239 Å². The lowest BCUT2D eigenvalue weighted by atomic mass is 9.83. The summed E-state index contributed by atoms with van der Waals surface area (Å²) in [6.45, 7) is 4.94. The Morgan fingerprint density at radius 1 is 0.951 bits per heavy atom. The van der Waals surface area contributed by atoms with Gasteiger partial charge in [-0.15, -0.1) is 0 Å². The molecule has 1 unspecified atom stereocenters. The van der Waals surface area contributed by atoms with Gasteiger partial charge >= 0.3 is 5.97 Å². The SMILES string of the molecule is CCCOc1ccccc1C(=O)Oc1ccc2c(c1)OC(N)=C(C#N)C2c1cccc(OCc2ccc(C)cc2)c1. The number of nitriles is 1. The van der Waals surface area contributed by atoms with E-state index in [1.807, 2.05) is 62.4 Å². The first-order chi connectivity index (χ1) is 20.0. The average molecular weight is 547 g/mol. The maximum absolute atomic E-state index is 13.0. The van der Waals surface area contributed by atoms with E-state index in [1.54, 1.807) is 42.5 Å². The summed E-state index contributed by atoms with van der Waals surface area (Å²) in [6.07, 6.45) is 0.814. The minimum absolute atomic E-state index is 0.00207. The van der Waals surface area contributed by atoms with Gasteiger partial charge in [0.15, 0.2) is 0 Å². The molecule has 0 bridgehead atoms. The van der Waals surface area contributed by atoms with Crippen molar-refractivity contribution in [1.29, 1.82) is 5.26 Å². The van der Waals surface area contributed by atoms with Gasteiger partial charge in [0, 0.05) is 11.6 Å². The summed E-state index contributed by atoms with van der Waals surface area (Å²) in [5.74, 6) is 0.769. The van der Waals surface area contributed by atoms with E-state index in [2.05, 4.69) is 6.07 Å². The number of rotatable bonds is 9. The molecule has 206 valence electrons. The van der Waals surface area contributed by atoms with Gasteiger partial charge in [-0.1, -0.05) is 67.1 Å². The number of fused-ring (bicyclic) bond motifs is 1. The third kappa shape index (κ3) is 6.18. The van der Waals surface area contributed by atoms with Crippen molar-refractivity contribution in [2.24, 2.45) is 5.73 Å². The number of hydrogen-bond donors (Lipinski definition) is 1. The molecular formula is C34H30N2O5. The van der Waals surface area contributed by atoms with Gasteiger partial charge < -0.3 is 24.7 Å². The quantitative estimate of drug-likeness (QED) is 0.182. The molecular weight excluding hydrogens is 516 g/mol. The van der Waals surface area contributed by atoms with Crippen molar-refractivity contribution in [3.05, 3.63) is 130 Å². The number of carbonyl (C=O) groups excluding carboxylic acids is 1. The number of nitrogens with two attached hydrogens (primary N) is 1. The van der Waals surface area contributed by atoms with E-state index in [-0.39, 0.29) is 11.6 Å². The van der Waals surface area contributed by atoms with Gasteiger partial charge in [-0.3, -0.25) is 0 Å². The number of hydrogen-bond acceptors (Lipinski definition) is 7. The first-order valence-electron chi connectivity index (χ1n) is 13.4. The van der Waals surface area contributed by atoms with E-state index < -0.39 is 11.9 Å². The van der Waals surface area contributed by atoms with Crippen LogP contribution in [0.5, 0.6) is 23.0 Å². The van der Waals surface area contributed by atoms with Crippen LogP contribution in [0.2, 0.25) is 0 Å². The number of esters is 1. The van der Waals surface area contributed by atoms with Crippen LogP contribution < -0.4 is 24.7 Å². The van der Waals surface area contributed by atoms with Crippen LogP contribution in [0.25, 0.3) is 0 Å². The van der Waals surface area contributed by atoms with Crippen LogP contribution in [0.4, 0.5) is 0 Å². The topological polar surface area (TPSA) is 104 Å². The van der Waals surface area contributed by atoms with Gasteiger partial charge in [0.1, 0.15) is 46.8 Å². The standard InChI is InChI=1S/C34H30N2O5/c1-3-17-38-30-10-5-4-9-28(30)34(37)40-26-15-16-27-31(19-26)41-33(36)29(20-35)32(27)24-7-6-8-25(18-24)39-21-23-13-11-22(2)12-14-23/h4-16,18-19,32H,3,17,21,36H2,1-2H3. The fraction of sp³-hybridized carbons (Fsp3) is 0.176. The molecule has 0 radical (unpaired) electrons. The van der Waals surface area contributed by atoms with Crippen LogP contribution >= 0.6 is 0 Å². The van der Waals surface area contributed by atoms with Crippen LogP contribution in [-0.4, -0.2) is 12.6 Å². The van der Waals surface area contributed by atoms with Gasteiger partial charge in [0.25, 0.3) is 0 Å². The molecule has 41 heavy (non-hydrogen) atoms. The van der Waals surface area contributed by atoms with Gasteiger partial charge in [0.2, 0.25) is 5.88 Å². The summed E-state index contributed by atoms with van der Waals surface area (Å²) in [5.41, 5.74) is 10.6. The largest absolute Gasteiger partial charge is 0.493 e. The molecule has 0 spiro atoms. The molecule has 2 N–H and O–H groups in total. The Bertz CT molecular complexity index is 1640. The number of benzene rings is 4. The van der Waals surface area contributed by atoms with Gasteiger partial charge in [0.05, 0.1) is 12.5 Å². The third-order valence-corrected chi connectivity index (χ3v) is 6.69. The molecule has 0 saturated heterocycles. The Hall–Kier alpha value is -5.22. The summed E-state index contributed by atoms with van der Waals surface area (Å²) in [6, 6.07) is 30.0. The fourth-order valence-electron chi connectivity index (χ4n) is 4.61. The highest BCUT2D eigenvalue weighted by Gasteiger charge is 2.31. The molecule has 0 aromatic heterocycles. The fourth-order valence-corrected chi connectivity index (χ4v) is 4.61. The molecule has 0 aliphatic carbocycles. The predicted octanol–water partition coefficient (Wildman–Crippen LogP) is 6.80. The van der Waals surface area contributed by atoms with Crippen molar-refractivity contribution in [3.8, 4) is 29.1 Å². The maximum Gasteiger partial charge on any atom is 0.347 e. The molecule has 7 nitrogen and oxygen atoms in total. The van der Waals surface area contributed by atoms with Crippen molar-refractivity contribution >= 4 is 5.97 Å². The highest BCUT2D eigenvalue weighted by molar-refractivity contribution is 5.94. The zero-order valence-corrected chi connectivity index (χ0v) is 22.9. The summed E-state index contributed by atoms with van der Waals surface area (Å²) >= 11 is 0. The molecule has 1 heterocycles. The van der Waals surface area contributed by atoms with Crippen LogP contribution in [0, 0.1) is 18.3 Å². The molecule has 1 aliphatic rings. The minimum Gasteiger partial charge on any atom is -0.493 e. The molecule has 1 aliphatic heterocycles. The first-order valence-corrected chi connectivity index (χ1v) is 13.4. The average Bonchev–Trinajstić information content (AvgIpc) is 2.99. The van der Waals surface area contributed by atoms with E-state index in [4.69, 9.17) is 24.7 Å². The lowest BCUT2D eigenvalue weighted by Gasteiger charge is -2.27. The van der Waals surface area contributed by atoms with Crippen molar-refractivity contribution in [2.75, 3.05) is 6.61 Å². The van der Waals surface area contributed by atoms with E-state index >= 15 is 0 Å². The van der Waals surface area contributed by atoms with Crippen molar-refractivity contribution in [3.63, 3.8) is 0 Å². The lowest BCUT2D eigenvalue weighted by Crippen LogP contribution is -2.21. The minimum atomic E-state index is -0.552. The lowest BCUT2D eigenvalue weighted by molar-refractivity contribution is 0.0730. The molecule has 0 saturated carbocycles. The van der Waals surface area contributed by atoms with Crippen molar-refractivity contribution in [1.82, 2.24) is 0 Å². The van der Waals surface area contributed by atoms with Crippen molar-refractivity contribution in [2.45, 2.75) is 32.8 Å². The summed E-state index contributed by atoms with van der Waals surface area (Å²) < 4.78 is 23.3. The number of carbonyl (C=O) groups is 1. The van der Waals surface area contributed by atoms with E-state index in [1.165, 1.54) is 5.56 Å². The number of para-hydroxylation sites is 1. The number of ether oxygens (including phenoxy) is 4. The highest BCUT2D eigenvalue weighted by atomic mass is 16.5. The maximum atomic E-state index is 13.0. The normalized spacial score (nSPS) is 13.9. The second kappa shape index (κ2) is 12.3. The monoisotopic (exact) mass is 546 g/mol. The van der Waals surface area contributed by atoms with Gasteiger partial charge in [-0.25, -0.2) is 4.79 Å². The molecule has 0 amide bonds. The van der Waals surface area contributed by atoms with E-state index in [9.17, 15) is 10.1 Å². The summed E-state index contributed by atoms with van der Waals surface area (Å²) in [5, 5.41) is 9.97. The Morgan fingerprint density at radius 3 is 2.54 bits per heavy atom.